The second-order valence-corrected chi connectivity index (χ2v) is 5.30. The molecule has 3 aromatic rings. The minimum absolute atomic E-state index is 0.0500. The lowest BCUT2D eigenvalue weighted by Crippen LogP contribution is -2.14. The smallest absolute Gasteiger partial charge is 0.238 e. The largest absolute Gasteiger partial charge is 0.497 e. The molecule has 1 aromatic heterocycles. The lowest BCUT2D eigenvalue weighted by atomic mass is 9.96. The topological polar surface area (TPSA) is 51.2 Å². The molecule has 4 rings (SSSR count). The van der Waals surface area contributed by atoms with Crippen LogP contribution < -0.4 is 10.1 Å². The molecule has 4 nitrogen and oxygen atoms in total. The summed E-state index contributed by atoms with van der Waals surface area (Å²) in [6.07, 6.45) is 0. The van der Waals surface area contributed by atoms with Crippen molar-refractivity contribution in [2.45, 2.75) is 5.92 Å². The Morgan fingerprint density at radius 3 is 2.82 bits per heavy atom. The average Bonchev–Trinajstić information content (AvgIpc) is 2.89. The van der Waals surface area contributed by atoms with Gasteiger partial charge >= 0.3 is 0 Å². The van der Waals surface area contributed by atoms with Crippen molar-refractivity contribution in [3.05, 3.63) is 65.9 Å². The van der Waals surface area contributed by atoms with Gasteiger partial charge in [0.1, 0.15) is 11.7 Å². The van der Waals surface area contributed by atoms with Crippen LogP contribution in [-0.2, 0) is 4.79 Å². The van der Waals surface area contributed by atoms with Crippen LogP contribution in [0.3, 0.4) is 0 Å². The number of fused-ring (bicyclic) bond motifs is 2. The highest BCUT2D eigenvalue weighted by atomic mass is 16.5. The molecular formula is C18H14N2O2. The standard InChI is InChI=1S/C18H14N2O2/c1-22-12-7-8-13-16(10-12)20-18(21)17(13)15-9-6-11-4-2-3-5-14(11)19-15/h2-10,17H,1H3,(H,20,21). The van der Waals surface area contributed by atoms with Gasteiger partial charge in [-0.2, -0.15) is 0 Å². The summed E-state index contributed by atoms with van der Waals surface area (Å²) in [7, 11) is 1.61. The lowest BCUT2D eigenvalue weighted by molar-refractivity contribution is -0.116. The van der Waals surface area contributed by atoms with Gasteiger partial charge in [-0.3, -0.25) is 9.78 Å². The van der Waals surface area contributed by atoms with Crippen LogP contribution >= 0.6 is 0 Å². The van der Waals surface area contributed by atoms with E-state index in [-0.39, 0.29) is 11.8 Å². The van der Waals surface area contributed by atoms with E-state index in [2.05, 4.69) is 10.3 Å². The SMILES string of the molecule is COc1ccc2c(c1)NC(=O)C2c1ccc2ccccc2n1. The van der Waals surface area contributed by atoms with Crippen LogP contribution in [0.15, 0.2) is 54.6 Å². The molecule has 0 spiro atoms. The highest BCUT2D eigenvalue weighted by molar-refractivity contribution is 6.05. The van der Waals surface area contributed by atoms with Crippen LogP contribution in [0.1, 0.15) is 17.2 Å². The first-order valence-electron chi connectivity index (χ1n) is 7.11. The first kappa shape index (κ1) is 12.8. The maximum absolute atomic E-state index is 12.4. The number of nitrogens with one attached hydrogen (secondary N) is 1. The molecule has 108 valence electrons. The zero-order valence-corrected chi connectivity index (χ0v) is 12.0. The molecule has 0 saturated heterocycles. The van der Waals surface area contributed by atoms with E-state index >= 15 is 0 Å². The van der Waals surface area contributed by atoms with E-state index < -0.39 is 0 Å². The zero-order valence-electron chi connectivity index (χ0n) is 12.0. The number of hydrogen-bond acceptors (Lipinski definition) is 3. The van der Waals surface area contributed by atoms with Gasteiger partial charge in [-0.15, -0.1) is 0 Å². The van der Waals surface area contributed by atoms with Crippen molar-refractivity contribution in [3.8, 4) is 5.75 Å². The van der Waals surface area contributed by atoms with E-state index in [1.165, 1.54) is 0 Å². The van der Waals surface area contributed by atoms with Crippen molar-refractivity contribution in [1.29, 1.82) is 0 Å². The van der Waals surface area contributed by atoms with Gasteiger partial charge in [0.05, 0.1) is 18.3 Å². The molecule has 1 N–H and O–H groups in total. The Morgan fingerprint density at radius 1 is 1.09 bits per heavy atom. The third kappa shape index (κ3) is 1.92. The van der Waals surface area contributed by atoms with Crippen LogP contribution in [-0.4, -0.2) is 18.0 Å². The lowest BCUT2D eigenvalue weighted by Gasteiger charge is -2.10. The number of pyridine rings is 1. The van der Waals surface area contributed by atoms with Crippen LogP contribution in [0.5, 0.6) is 5.75 Å². The highest BCUT2D eigenvalue weighted by Gasteiger charge is 2.33. The Kier molecular flexibility index (Phi) is 2.82. The fourth-order valence-electron chi connectivity index (χ4n) is 2.90. The zero-order chi connectivity index (χ0) is 15.1. The Hall–Kier alpha value is -2.88. The molecule has 2 aromatic carbocycles. The second-order valence-electron chi connectivity index (χ2n) is 5.30. The van der Waals surface area contributed by atoms with Crippen molar-refractivity contribution in [2.24, 2.45) is 0 Å². The molecular weight excluding hydrogens is 276 g/mol. The molecule has 2 heterocycles. The molecule has 0 bridgehead atoms. The number of benzene rings is 2. The van der Waals surface area contributed by atoms with Crippen molar-refractivity contribution in [2.75, 3.05) is 12.4 Å². The molecule has 1 unspecified atom stereocenters. The summed E-state index contributed by atoms with van der Waals surface area (Å²) in [5, 5.41) is 3.98. The van der Waals surface area contributed by atoms with Gasteiger partial charge in [-0.25, -0.2) is 0 Å². The number of hydrogen-bond donors (Lipinski definition) is 1. The van der Waals surface area contributed by atoms with Crippen LogP contribution in [0.4, 0.5) is 5.69 Å². The van der Waals surface area contributed by atoms with Crippen molar-refractivity contribution >= 4 is 22.5 Å². The fraction of sp³-hybridized carbons (Fsp3) is 0.111. The highest BCUT2D eigenvalue weighted by Crippen LogP contribution is 2.38. The Morgan fingerprint density at radius 2 is 1.95 bits per heavy atom. The number of ether oxygens (including phenoxy) is 1. The quantitative estimate of drug-likeness (QED) is 0.787. The normalized spacial score (nSPS) is 16.4. The number of rotatable bonds is 2. The molecule has 4 heteroatoms. The van der Waals surface area contributed by atoms with Crippen LogP contribution in [0.25, 0.3) is 10.9 Å². The maximum Gasteiger partial charge on any atom is 0.238 e. The molecule has 1 aliphatic heterocycles. The van der Waals surface area contributed by atoms with Crippen molar-refractivity contribution in [1.82, 2.24) is 4.98 Å². The number of para-hydroxylation sites is 1. The molecule has 0 saturated carbocycles. The van der Waals surface area contributed by atoms with Gasteiger partial charge in [0.15, 0.2) is 0 Å². The molecule has 0 radical (unpaired) electrons. The predicted octanol–water partition coefficient (Wildman–Crippen LogP) is 3.33. The van der Waals surface area contributed by atoms with Crippen LogP contribution in [0, 0.1) is 0 Å². The van der Waals surface area contributed by atoms with E-state index in [1.807, 2.05) is 54.6 Å². The third-order valence-corrected chi connectivity index (χ3v) is 4.01. The number of nitrogens with zero attached hydrogens (tertiary/aromatic N) is 1. The summed E-state index contributed by atoms with van der Waals surface area (Å²) >= 11 is 0. The Balaban J connectivity index is 1.83. The summed E-state index contributed by atoms with van der Waals surface area (Å²) in [4.78, 5) is 17.0. The monoisotopic (exact) mass is 290 g/mol. The van der Waals surface area contributed by atoms with E-state index in [0.29, 0.717) is 0 Å². The predicted molar refractivity (Wildman–Crippen MR) is 85.2 cm³/mol. The van der Waals surface area contributed by atoms with E-state index in [1.54, 1.807) is 7.11 Å². The second kappa shape index (κ2) is 4.84. The number of carbonyl (C=O) groups excluding carboxylic acids is 1. The van der Waals surface area contributed by atoms with Gasteiger partial charge < -0.3 is 10.1 Å². The van der Waals surface area contributed by atoms with Crippen molar-refractivity contribution < 1.29 is 9.53 Å². The van der Waals surface area contributed by atoms with Gasteiger partial charge in [0.2, 0.25) is 5.91 Å². The number of aromatic nitrogens is 1. The molecule has 0 aliphatic carbocycles. The average molecular weight is 290 g/mol. The fourth-order valence-corrected chi connectivity index (χ4v) is 2.90. The number of amides is 1. The third-order valence-electron chi connectivity index (χ3n) is 4.01. The van der Waals surface area contributed by atoms with Gasteiger partial charge in [0, 0.05) is 17.1 Å². The summed E-state index contributed by atoms with van der Waals surface area (Å²) in [6, 6.07) is 17.5. The molecule has 1 amide bonds. The first-order valence-corrected chi connectivity index (χ1v) is 7.11. The van der Waals surface area contributed by atoms with E-state index in [4.69, 9.17) is 4.74 Å². The Labute approximate surface area is 127 Å². The summed E-state index contributed by atoms with van der Waals surface area (Å²) in [5.41, 5.74) is 3.40. The Bertz CT molecular complexity index is 889. The first-order chi connectivity index (χ1) is 10.8. The summed E-state index contributed by atoms with van der Waals surface area (Å²) in [6.45, 7) is 0. The van der Waals surface area contributed by atoms with Crippen LogP contribution in [0.2, 0.25) is 0 Å². The number of anilines is 1. The van der Waals surface area contributed by atoms with Gasteiger partial charge in [-0.1, -0.05) is 30.3 Å². The minimum atomic E-state index is -0.370. The van der Waals surface area contributed by atoms with Gasteiger partial charge in [0.25, 0.3) is 0 Å². The molecule has 0 fully saturated rings. The number of carbonyl (C=O) groups is 1. The summed E-state index contributed by atoms with van der Waals surface area (Å²) in [5.74, 6) is 0.308. The van der Waals surface area contributed by atoms with E-state index in [0.717, 1.165) is 33.6 Å². The molecule has 1 aliphatic rings. The molecule has 1 atom stereocenters. The summed E-state index contributed by atoms with van der Waals surface area (Å²) < 4.78 is 5.21. The van der Waals surface area contributed by atoms with Crippen molar-refractivity contribution in [3.63, 3.8) is 0 Å². The van der Waals surface area contributed by atoms with E-state index in [9.17, 15) is 4.79 Å². The minimum Gasteiger partial charge on any atom is -0.497 e. The molecule has 22 heavy (non-hydrogen) atoms. The van der Waals surface area contributed by atoms with Gasteiger partial charge in [-0.05, 0) is 23.8 Å². The maximum atomic E-state index is 12.4. The number of methoxy groups -OCH3 is 1.